The van der Waals surface area contributed by atoms with Crippen LogP contribution in [0.3, 0.4) is 0 Å². The number of benzene rings is 1. The number of fused-ring (bicyclic) bond motifs is 1. The van der Waals surface area contributed by atoms with Crippen molar-refractivity contribution in [1.29, 1.82) is 0 Å². The van der Waals surface area contributed by atoms with Crippen molar-refractivity contribution in [2.24, 2.45) is 14.1 Å². The fourth-order valence-electron chi connectivity index (χ4n) is 1.70. The van der Waals surface area contributed by atoms with E-state index in [0.29, 0.717) is 5.69 Å². The number of carboxylic acids is 1. The largest absolute Gasteiger partial charge is 0.473 e. The van der Waals surface area contributed by atoms with Crippen LogP contribution < -0.4 is 4.68 Å². The Morgan fingerprint density at radius 1 is 1.43 bits per heavy atom. The molecular weight excluding hydrogens is 180 g/mol. The van der Waals surface area contributed by atoms with Gasteiger partial charge in [-0.05, 0) is 12.1 Å². The molecule has 0 saturated heterocycles. The number of carbonyl (C=O) groups is 1. The maximum Gasteiger partial charge on any atom is 0.404 e. The second kappa shape index (κ2) is 2.83. The molecule has 72 valence electrons. The third kappa shape index (κ3) is 1.00. The summed E-state index contributed by atoms with van der Waals surface area (Å²) < 4.78 is 3.45. The van der Waals surface area contributed by atoms with Gasteiger partial charge in [0.2, 0.25) is 0 Å². The Morgan fingerprint density at radius 2 is 2.07 bits per heavy atom. The molecule has 0 unspecified atom stereocenters. The van der Waals surface area contributed by atoms with Crippen LogP contribution in [0.2, 0.25) is 0 Å². The summed E-state index contributed by atoms with van der Waals surface area (Å²) in [5.74, 6) is -0.899. The molecule has 0 radical (unpaired) electrons. The minimum atomic E-state index is -0.899. The van der Waals surface area contributed by atoms with Crippen molar-refractivity contribution in [3.05, 3.63) is 30.0 Å². The lowest BCUT2D eigenvalue weighted by atomic mass is 10.2. The Kier molecular flexibility index (Phi) is 1.77. The molecule has 0 aliphatic rings. The molecule has 1 heterocycles. The number of hydrogen-bond donors (Lipinski definition) is 1. The highest BCUT2D eigenvalue weighted by Crippen LogP contribution is 2.15. The van der Waals surface area contributed by atoms with Gasteiger partial charge >= 0.3 is 11.7 Å². The summed E-state index contributed by atoms with van der Waals surface area (Å²) in [5.41, 5.74) is 1.25. The van der Waals surface area contributed by atoms with E-state index in [2.05, 4.69) is 0 Å². The van der Waals surface area contributed by atoms with Gasteiger partial charge in [-0.15, -0.1) is 4.68 Å². The molecule has 2 aromatic rings. The van der Waals surface area contributed by atoms with Crippen LogP contribution in [0.1, 0.15) is 10.5 Å². The first-order valence-electron chi connectivity index (χ1n) is 4.30. The van der Waals surface area contributed by atoms with E-state index in [4.69, 9.17) is 5.11 Å². The van der Waals surface area contributed by atoms with Crippen LogP contribution in [0, 0.1) is 0 Å². The summed E-state index contributed by atoms with van der Waals surface area (Å²) in [5, 5.41) is 9.81. The Morgan fingerprint density at radius 3 is 2.71 bits per heavy atom. The van der Waals surface area contributed by atoms with Crippen LogP contribution in [-0.2, 0) is 14.1 Å². The molecule has 0 fully saturated rings. The van der Waals surface area contributed by atoms with Crippen molar-refractivity contribution in [3.8, 4) is 0 Å². The molecule has 0 aliphatic heterocycles. The van der Waals surface area contributed by atoms with Gasteiger partial charge in [0.05, 0.1) is 12.4 Å². The van der Waals surface area contributed by atoms with E-state index >= 15 is 0 Å². The first-order chi connectivity index (χ1) is 6.63. The number of carboxylic acid groups (broad SMARTS) is 1. The molecule has 2 rings (SSSR count). The molecule has 0 spiro atoms. The third-order valence-corrected chi connectivity index (χ3v) is 2.48. The van der Waals surface area contributed by atoms with Crippen molar-refractivity contribution in [2.45, 2.75) is 0 Å². The topological polar surface area (TPSA) is 46.1 Å². The van der Waals surface area contributed by atoms with Gasteiger partial charge in [-0.2, -0.15) is 4.68 Å². The Labute approximate surface area is 81.0 Å². The highest BCUT2D eigenvalue weighted by atomic mass is 16.4. The summed E-state index contributed by atoms with van der Waals surface area (Å²) in [4.78, 5) is 11.0. The van der Waals surface area contributed by atoms with E-state index in [0.717, 1.165) is 10.9 Å². The zero-order chi connectivity index (χ0) is 10.3. The standard InChI is InChI=1S/C10H10N2O2/c1-11-8-6-4-3-5-7(8)9(10(13)14)12(11)2/h3-6H,1-2H3/p+1. The summed E-state index contributed by atoms with van der Waals surface area (Å²) in [6.07, 6.45) is 0. The summed E-state index contributed by atoms with van der Waals surface area (Å²) in [7, 11) is 3.58. The van der Waals surface area contributed by atoms with Gasteiger partial charge in [0.15, 0.2) is 7.05 Å². The van der Waals surface area contributed by atoms with Crippen molar-refractivity contribution >= 4 is 16.9 Å². The van der Waals surface area contributed by atoms with E-state index in [1.165, 1.54) is 0 Å². The van der Waals surface area contributed by atoms with E-state index < -0.39 is 5.97 Å². The van der Waals surface area contributed by atoms with Crippen LogP contribution in [-0.4, -0.2) is 15.8 Å². The molecule has 4 nitrogen and oxygen atoms in total. The molecule has 0 saturated carbocycles. The molecule has 0 aliphatic carbocycles. The second-order valence-electron chi connectivity index (χ2n) is 3.22. The van der Waals surface area contributed by atoms with Gasteiger partial charge in [-0.1, -0.05) is 12.1 Å². The van der Waals surface area contributed by atoms with E-state index in [1.807, 2.05) is 36.0 Å². The molecule has 1 aromatic carbocycles. The van der Waals surface area contributed by atoms with Crippen LogP contribution in [0.4, 0.5) is 0 Å². The number of aromatic carboxylic acids is 1. The number of aryl methyl sites for hydroxylation is 1. The molecule has 4 heteroatoms. The Hall–Kier alpha value is -1.84. The maximum atomic E-state index is 11.0. The van der Waals surface area contributed by atoms with Gasteiger partial charge < -0.3 is 5.11 Å². The van der Waals surface area contributed by atoms with Gasteiger partial charge in [0.25, 0.3) is 0 Å². The minimum Gasteiger partial charge on any atom is -0.473 e. The number of rotatable bonds is 1. The lowest BCUT2D eigenvalue weighted by molar-refractivity contribution is -0.750. The maximum absolute atomic E-state index is 11.0. The van der Waals surface area contributed by atoms with E-state index in [-0.39, 0.29) is 0 Å². The molecular formula is C10H11N2O2+. The minimum absolute atomic E-state index is 0.322. The zero-order valence-electron chi connectivity index (χ0n) is 8.06. The molecule has 0 atom stereocenters. The predicted octanol–water partition coefficient (Wildman–Crippen LogP) is 0.701. The number of hydrogen-bond acceptors (Lipinski definition) is 1. The van der Waals surface area contributed by atoms with Gasteiger partial charge in [-0.3, -0.25) is 0 Å². The summed E-state index contributed by atoms with van der Waals surface area (Å²) in [6, 6.07) is 7.46. The van der Waals surface area contributed by atoms with Crippen LogP contribution >= 0.6 is 0 Å². The molecule has 14 heavy (non-hydrogen) atoms. The lowest BCUT2D eigenvalue weighted by Crippen LogP contribution is -2.42. The van der Waals surface area contributed by atoms with Crippen molar-refractivity contribution in [3.63, 3.8) is 0 Å². The van der Waals surface area contributed by atoms with E-state index in [1.54, 1.807) is 11.7 Å². The van der Waals surface area contributed by atoms with Gasteiger partial charge in [-0.25, -0.2) is 4.79 Å². The number of aromatic nitrogens is 2. The summed E-state index contributed by atoms with van der Waals surface area (Å²) in [6.45, 7) is 0. The second-order valence-corrected chi connectivity index (χ2v) is 3.22. The highest BCUT2D eigenvalue weighted by Gasteiger charge is 2.25. The first-order valence-corrected chi connectivity index (χ1v) is 4.30. The molecule has 1 N–H and O–H groups in total. The van der Waals surface area contributed by atoms with Crippen LogP contribution in [0.15, 0.2) is 24.3 Å². The average Bonchev–Trinajstić information content (AvgIpc) is 2.41. The zero-order valence-corrected chi connectivity index (χ0v) is 8.06. The van der Waals surface area contributed by atoms with Crippen LogP contribution in [0.5, 0.6) is 0 Å². The van der Waals surface area contributed by atoms with Crippen molar-refractivity contribution in [1.82, 2.24) is 4.68 Å². The average molecular weight is 191 g/mol. The SMILES string of the molecule is Cn1c2ccccc2c(C(=O)O)[n+]1C. The monoisotopic (exact) mass is 191 g/mol. The number of para-hydroxylation sites is 1. The van der Waals surface area contributed by atoms with E-state index in [9.17, 15) is 4.79 Å². The van der Waals surface area contributed by atoms with Crippen LogP contribution in [0.25, 0.3) is 10.9 Å². The van der Waals surface area contributed by atoms with Crippen molar-refractivity contribution < 1.29 is 14.6 Å². The third-order valence-electron chi connectivity index (χ3n) is 2.48. The smallest absolute Gasteiger partial charge is 0.404 e. The highest BCUT2D eigenvalue weighted by molar-refractivity contribution is 5.99. The molecule has 0 bridgehead atoms. The molecule has 0 amide bonds. The molecule has 1 aromatic heterocycles. The Bertz CT molecular complexity index is 514. The Balaban J connectivity index is 2.95. The fourth-order valence-corrected chi connectivity index (χ4v) is 1.70. The first kappa shape index (κ1) is 8.74. The van der Waals surface area contributed by atoms with Crippen molar-refractivity contribution in [2.75, 3.05) is 0 Å². The van der Waals surface area contributed by atoms with Gasteiger partial charge in [0, 0.05) is 0 Å². The van der Waals surface area contributed by atoms with Gasteiger partial charge in [0.1, 0.15) is 5.52 Å². The number of nitrogens with zero attached hydrogens (tertiary/aromatic N) is 2. The predicted molar refractivity (Wildman–Crippen MR) is 51.1 cm³/mol. The normalized spacial score (nSPS) is 10.7. The fraction of sp³-hybridized carbons (Fsp3) is 0.200. The lowest BCUT2D eigenvalue weighted by Gasteiger charge is -1.89. The quantitative estimate of drug-likeness (QED) is 0.674. The summed E-state index contributed by atoms with van der Waals surface area (Å²) >= 11 is 0.